The van der Waals surface area contributed by atoms with E-state index in [1.807, 2.05) is 6.07 Å². The normalized spacial score (nSPS) is 10.7. The highest BCUT2D eigenvalue weighted by atomic mass is 32.2. The van der Waals surface area contributed by atoms with Crippen molar-refractivity contribution in [2.45, 2.75) is 4.90 Å². The first-order valence-electron chi connectivity index (χ1n) is 5.34. The van der Waals surface area contributed by atoms with Crippen molar-refractivity contribution in [3.8, 4) is 11.8 Å². The minimum absolute atomic E-state index is 0.0121. The van der Waals surface area contributed by atoms with E-state index in [1.165, 1.54) is 36.4 Å². The van der Waals surface area contributed by atoms with Gasteiger partial charge in [-0.3, -0.25) is 4.72 Å². The highest BCUT2D eigenvalue weighted by Crippen LogP contribution is 2.20. The highest BCUT2D eigenvalue weighted by molar-refractivity contribution is 7.92. The summed E-state index contributed by atoms with van der Waals surface area (Å²) >= 11 is 0. The molecule has 6 heteroatoms. The quantitative estimate of drug-likeness (QED) is 0.896. The maximum atomic E-state index is 12.1. The Hall–Kier alpha value is -2.52. The number of hydrogen-bond acceptors (Lipinski definition) is 4. The molecule has 0 heterocycles. The van der Waals surface area contributed by atoms with Gasteiger partial charge in [-0.25, -0.2) is 8.42 Å². The van der Waals surface area contributed by atoms with Crippen LogP contribution < -0.4 is 4.72 Å². The second-order valence-corrected chi connectivity index (χ2v) is 5.44. The number of benzene rings is 2. The number of phenols is 1. The van der Waals surface area contributed by atoms with Gasteiger partial charge in [-0.2, -0.15) is 5.26 Å². The Bertz CT molecular complexity index is 731. The first kappa shape index (κ1) is 12.9. The van der Waals surface area contributed by atoms with Crippen LogP contribution in [-0.4, -0.2) is 13.5 Å². The van der Waals surface area contributed by atoms with Crippen LogP contribution in [0.5, 0.6) is 5.75 Å². The molecule has 0 radical (unpaired) electrons. The Labute approximate surface area is 110 Å². The first-order valence-corrected chi connectivity index (χ1v) is 6.82. The van der Waals surface area contributed by atoms with Gasteiger partial charge in [0.25, 0.3) is 10.0 Å². The zero-order chi connectivity index (χ0) is 13.9. The summed E-state index contributed by atoms with van der Waals surface area (Å²) in [7, 11) is -3.77. The maximum absolute atomic E-state index is 12.1. The minimum atomic E-state index is -3.77. The topological polar surface area (TPSA) is 90.2 Å². The number of nitrogens with one attached hydrogen (secondary N) is 1. The van der Waals surface area contributed by atoms with Crippen molar-refractivity contribution >= 4 is 15.7 Å². The lowest BCUT2D eigenvalue weighted by Gasteiger charge is -2.09. The molecule has 0 aliphatic rings. The van der Waals surface area contributed by atoms with Crippen molar-refractivity contribution in [2.75, 3.05) is 4.72 Å². The van der Waals surface area contributed by atoms with Crippen LogP contribution in [-0.2, 0) is 10.0 Å². The fourth-order valence-corrected chi connectivity index (χ4v) is 2.58. The van der Waals surface area contributed by atoms with Crippen LogP contribution >= 0.6 is 0 Å². The predicted octanol–water partition coefficient (Wildman–Crippen LogP) is 2.06. The van der Waals surface area contributed by atoms with Gasteiger partial charge in [-0.1, -0.05) is 12.1 Å². The van der Waals surface area contributed by atoms with Crippen molar-refractivity contribution in [3.05, 3.63) is 54.1 Å². The van der Waals surface area contributed by atoms with E-state index in [1.54, 1.807) is 12.1 Å². The zero-order valence-electron chi connectivity index (χ0n) is 9.74. The van der Waals surface area contributed by atoms with Crippen LogP contribution in [0.1, 0.15) is 5.56 Å². The Morgan fingerprint density at radius 3 is 2.32 bits per heavy atom. The van der Waals surface area contributed by atoms with Crippen molar-refractivity contribution in [2.24, 2.45) is 0 Å². The van der Waals surface area contributed by atoms with Gasteiger partial charge in [-0.15, -0.1) is 0 Å². The van der Waals surface area contributed by atoms with Crippen molar-refractivity contribution in [1.82, 2.24) is 0 Å². The monoisotopic (exact) mass is 274 g/mol. The first-order chi connectivity index (χ1) is 9.03. The van der Waals surface area contributed by atoms with E-state index in [9.17, 15) is 8.42 Å². The number of anilines is 1. The van der Waals surface area contributed by atoms with Crippen LogP contribution in [0.25, 0.3) is 0 Å². The van der Waals surface area contributed by atoms with Gasteiger partial charge in [0.1, 0.15) is 11.8 Å². The molecule has 0 spiro atoms. The minimum Gasteiger partial charge on any atom is -0.508 e. The van der Waals surface area contributed by atoms with E-state index in [4.69, 9.17) is 10.4 Å². The van der Waals surface area contributed by atoms with Gasteiger partial charge >= 0.3 is 0 Å². The maximum Gasteiger partial charge on any atom is 0.261 e. The zero-order valence-corrected chi connectivity index (χ0v) is 10.6. The summed E-state index contributed by atoms with van der Waals surface area (Å²) in [6, 6.07) is 13.4. The molecule has 0 atom stereocenters. The number of nitriles is 1. The molecular weight excluding hydrogens is 264 g/mol. The van der Waals surface area contributed by atoms with E-state index in [0.29, 0.717) is 0 Å². The van der Waals surface area contributed by atoms with Gasteiger partial charge in [-0.05, 0) is 36.4 Å². The smallest absolute Gasteiger partial charge is 0.261 e. The van der Waals surface area contributed by atoms with Gasteiger partial charge in [0.15, 0.2) is 0 Å². The van der Waals surface area contributed by atoms with Crippen molar-refractivity contribution in [3.63, 3.8) is 0 Å². The molecule has 5 nitrogen and oxygen atoms in total. The third-order valence-electron chi connectivity index (χ3n) is 2.44. The standard InChI is InChI=1S/C13H10N2O3S/c14-9-10-3-1-2-4-13(10)15-19(17,18)12-7-5-11(16)6-8-12/h1-8,15-16H. The lowest BCUT2D eigenvalue weighted by molar-refractivity contribution is 0.475. The Morgan fingerprint density at radius 1 is 1.05 bits per heavy atom. The van der Waals surface area contributed by atoms with Gasteiger partial charge in [0.2, 0.25) is 0 Å². The summed E-state index contributed by atoms with van der Waals surface area (Å²) in [5.41, 5.74) is 0.461. The summed E-state index contributed by atoms with van der Waals surface area (Å²) in [5, 5.41) is 18.0. The molecule has 2 aromatic rings. The fraction of sp³-hybridized carbons (Fsp3) is 0. The second-order valence-electron chi connectivity index (χ2n) is 3.76. The van der Waals surface area contributed by atoms with E-state index in [2.05, 4.69) is 4.72 Å². The van der Waals surface area contributed by atoms with Crippen LogP contribution in [0, 0.1) is 11.3 Å². The van der Waals surface area contributed by atoms with Crippen molar-refractivity contribution < 1.29 is 13.5 Å². The van der Waals surface area contributed by atoms with Crippen LogP contribution in [0.3, 0.4) is 0 Å². The predicted molar refractivity (Wildman–Crippen MR) is 70.1 cm³/mol. The number of aromatic hydroxyl groups is 1. The Morgan fingerprint density at radius 2 is 1.68 bits per heavy atom. The number of nitrogens with zero attached hydrogens (tertiary/aromatic N) is 1. The summed E-state index contributed by atoms with van der Waals surface area (Å²) < 4.78 is 26.5. The molecule has 0 saturated heterocycles. The molecule has 2 aromatic carbocycles. The summed E-state index contributed by atoms with van der Waals surface area (Å²) in [5.74, 6) is -0.0172. The van der Waals surface area contributed by atoms with E-state index in [0.717, 1.165) is 0 Å². The molecule has 96 valence electrons. The number of phenolic OH excluding ortho intramolecular Hbond substituents is 1. The Kier molecular flexibility index (Phi) is 3.40. The lowest BCUT2D eigenvalue weighted by Crippen LogP contribution is -2.13. The number of hydrogen-bond donors (Lipinski definition) is 2. The third-order valence-corrected chi connectivity index (χ3v) is 3.82. The highest BCUT2D eigenvalue weighted by Gasteiger charge is 2.15. The third kappa shape index (κ3) is 2.84. The van der Waals surface area contributed by atoms with E-state index >= 15 is 0 Å². The van der Waals surface area contributed by atoms with Crippen molar-refractivity contribution in [1.29, 1.82) is 5.26 Å². The molecule has 0 fully saturated rings. The summed E-state index contributed by atoms with van der Waals surface area (Å²) in [6.45, 7) is 0. The SMILES string of the molecule is N#Cc1ccccc1NS(=O)(=O)c1ccc(O)cc1. The molecule has 0 amide bonds. The van der Waals surface area contributed by atoms with Gasteiger partial charge in [0.05, 0.1) is 16.1 Å². The molecule has 2 rings (SSSR count). The van der Waals surface area contributed by atoms with Gasteiger partial charge in [0, 0.05) is 0 Å². The molecule has 0 aliphatic carbocycles. The van der Waals surface area contributed by atoms with Crippen LogP contribution in [0.2, 0.25) is 0 Å². The average Bonchev–Trinajstić information content (AvgIpc) is 2.39. The van der Waals surface area contributed by atoms with Gasteiger partial charge < -0.3 is 5.11 Å². The number of sulfonamides is 1. The largest absolute Gasteiger partial charge is 0.508 e. The Balaban J connectivity index is 2.37. The number of rotatable bonds is 3. The molecule has 0 unspecified atom stereocenters. The molecule has 0 bridgehead atoms. The van der Waals surface area contributed by atoms with Crippen LogP contribution in [0.15, 0.2) is 53.4 Å². The van der Waals surface area contributed by atoms with E-state index < -0.39 is 10.0 Å². The molecule has 19 heavy (non-hydrogen) atoms. The molecule has 2 N–H and O–H groups in total. The number of para-hydroxylation sites is 1. The molecular formula is C13H10N2O3S. The summed E-state index contributed by atoms with van der Waals surface area (Å²) in [4.78, 5) is 0.0121. The summed E-state index contributed by atoms with van der Waals surface area (Å²) in [6.07, 6.45) is 0. The molecule has 0 aromatic heterocycles. The fourth-order valence-electron chi connectivity index (χ4n) is 1.50. The molecule has 0 aliphatic heterocycles. The second kappa shape index (κ2) is 5.00. The molecule has 0 saturated carbocycles. The average molecular weight is 274 g/mol. The van der Waals surface area contributed by atoms with Crippen LogP contribution in [0.4, 0.5) is 5.69 Å². The lowest BCUT2D eigenvalue weighted by atomic mass is 10.2. The van der Waals surface area contributed by atoms with E-state index in [-0.39, 0.29) is 21.9 Å².